The molecule has 0 aromatic carbocycles. The topological polar surface area (TPSA) is 47.4 Å². The molecule has 0 fully saturated rings. The average molecular weight is 249 g/mol. The summed E-state index contributed by atoms with van der Waals surface area (Å²) in [6.45, 7) is 3.88. The highest BCUT2D eigenvalue weighted by Gasteiger charge is 2.08. The average Bonchev–Trinajstić information content (AvgIpc) is 2.59. The molecule has 0 saturated carbocycles. The van der Waals surface area contributed by atoms with E-state index >= 15 is 0 Å². The summed E-state index contributed by atoms with van der Waals surface area (Å²) < 4.78 is 5.71. The lowest BCUT2D eigenvalue weighted by molar-refractivity contribution is 0.339. The van der Waals surface area contributed by atoms with Gasteiger partial charge in [0.1, 0.15) is 12.1 Å². The third-order valence-corrected chi connectivity index (χ3v) is 2.73. The van der Waals surface area contributed by atoms with Crippen molar-refractivity contribution in [2.24, 2.45) is 4.99 Å². The van der Waals surface area contributed by atoms with Crippen LogP contribution in [0.4, 0.5) is 0 Å². The first kappa shape index (κ1) is 11.4. The molecular weight excluding hydrogens is 238 g/mol. The predicted molar refractivity (Wildman–Crippen MR) is 73.2 cm³/mol. The fraction of sp³-hybridized carbons (Fsp3) is 0.0667. The minimum Gasteiger partial charge on any atom is -0.455 e. The molecule has 0 atom stereocenters. The Hall–Kier alpha value is -2.71. The van der Waals surface area contributed by atoms with Crippen LogP contribution in [0.5, 0.6) is 0 Å². The van der Waals surface area contributed by atoms with Crippen LogP contribution < -0.4 is 10.6 Å². The minimum atomic E-state index is 0.512. The van der Waals surface area contributed by atoms with Crippen molar-refractivity contribution in [2.75, 3.05) is 0 Å². The lowest BCUT2D eigenvalue weighted by Crippen LogP contribution is -2.28. The van der Waals surface area contributed by atoms with E-state index in [4.69, 9.17) is 4.74 Å². The molecule has 0 amide bonds. The quantitative estimate of drug-likeness (QED) is 0.644. The molecule has 0 aliphatic carbocycles. The monoisotopic (exact) mass is 249 g/mol. The number of ether oxygens (including phenoxy) is 1. The molecule has 0 saturated heterocycles. The SMILES string of the molecule is C=C1/C=c2/ncnc/c2=C/CC2=C(C=C=CC=N2)O1. The number of nitrogens with zero attached hydrogens (tertiary/aromatic N) is 3. The number of rotatable bonds is 0. The second-order valence-corrected chi connectivity index (χ2v) is 4.05. The van der Waals surface area contributed by atoms with E-state index in [-0.39, 0.29) is 0 Å². The summed E-state index contributed by atoms with van der Waals surface area (Å²) in [5, 5.41) is 1.73. The second-order valence-electron chi connectivity index (χ2n) is 4.05. The van der Waals surface area contributed by atoms with Crippen LogP contribution in [0.25, 0.3) is 12.2 Å². The molecule has 0 N–H and O–H groups in total. The first-order chi connectivity index (χ1) is 9.33. The van der Waals surface area contributed by atoms with E-state index in [0.29, 0.717) is 17.9 Å². The first-order valence-electron chi connectivity index (χ1n) is 5.86. The highest BCUT2D eigenvalue weighted by atomic mass is 16.5. The lowest BCUT2D eigenvalue weighted by Gasteiger charge is -2.07. The van der Waals surface area contributed by atoms with Crippen molar-refractivity contribution in [3.8, 4) is 0 Å². The summed E-state index contributed by atoms with van der Waals surface area (Å²) in [7, 11) is 0. The van der Waals surface area contributed by atoms with Crippen molar-refractivity contribution >= 4 is 18.4 Å². The van der Waals surface area contributed by atoms with Gasteiger partial charge >= 0.3 is 0 Å². The first-order valence-corrected chi connectivity index (χ1v) is 5.86. The number of allylic oxidation sites excluding steroid dienone is 3. The van der Waals surface area contributed by atoms with Crippen molar-refractivity contribution in [1.29, 1.82) is 0 Å². The summed E-state index contributed by atoms with van der Waals surface area (Å²) in [6, 6.07) is 0. The Morgan fingerprint density at radius 2 is 2.32 bits per heavy atom. The molecule has 2 aliphatic rings. The van der Waals surface area contributed by atoms with Gasteiger partial charge in [-0.25, -0.2) is 9.97 Å². The summed E-state index contributed by atoms with van der Waals surface area (Å²) in [5.74, 6) is 1.17. The van der Waals surface area contributed by atoms with Crippen molar-refractivity contribution in [3.63, 3.8) is 0 Å². The number of hydrogen-bond donors (Lipinski definition) is 0. The van der Waals surface area contributed by atoms with E-state index in [1.807, 2.05) is 6.08 Å². The van der Waals surface area contributed by atoms with E-state index in [9.17, 15) is 0 Å². The molecule has 3 rings (SSSR count). The Morgan fingerprint density at radius 3 is 3.26 bits per heavy atom. The molecule has 0 unspecified atom stereocenters. The van der Waals surface area contributed by atoms with Crippen LogP contribution in [0.15, 0.2) is 59.2 Å². The van der Waals surface area contributed by atoms with Crippen LogP contribution >= 0.6 is 0 Å². The molecule has 4 heteroatoms. The Labute approximate surface area is 110 Å². The second kappa shape index (κ2) is 4.88. The van der Waals surface area contributed by atoms with Gasteiger partial charge in [0.25, 0.3) is 0 Å². The zero-order valence-corrected chi connectivity index (χ0v) is 10.2. The maximum absolute atomic E-state index is 5.71. The zero-order valence-electron chi connectivity index (χ0n) is 10.2. The highest BCUT2D eigenvalue weighted by Crippen LogP contribution is 2.18. The molecule has 0 spiro atoms. The summed E-state index contributed by atoms with van der Waals surface area (Å²) in [4.78, 5) is 12.6. The Kier molecular flexibility index (Phi) is 2.93. The van der Waals surface area contributed by atoms with Crippen molar-refractivity contribution in [2.45, 2.75) is 6.42 Å². The van der Waals surface area contributed by atoms with Gasteiger partial charge in [-0.1, -0.05) is 12.7 Å². The molecule has 3 heterocycles. The fourth-order valence-electron chi connectivity index (χ4n) is 1.84. The maximum atomic E-state index is 5.71. The highest BCUT2D eigenvalue weighted by molar-refractivity contribution is 5.73. The Bertz CT molecular complexity index is 778. The maximum Gasteiger partial charge on any atom is 0.156 e. The Balaban J connectivity index is 2.18. The van der Waals surface area contributed by atoms with E-state index < -0.39 is 0 Å². The fourth-order valence-corrected chi connectivity index (χ4v) is 1.84. The molecular formula is C15H11N3O. The largest absolute Gasteiger partial charge is 0.455 e. The number of hydrogen-bond acceptors (Lipinski definition) is 4. The molecule has 0 bridgehead atoms. The normalized spacial score (nSPS) is 20.5. The van der Waals surface area contributed by atoms with E-state index in [1.54, 1.807) is 30.6 Å². The van der Waals surface area contributed by atoms with Crippen LogP contribution in [-0.4, -0.2) is 16.2 Å². The molecule has 0 radical (unpaired) electrons. The van der Waals surface area contributed by atoms with Gasteiger partial charge in [0.2, 0.25) is 0 Å². The standard InChI is InChI=1S/C15H11N3O/c1-11-8-14-12(9-16-10-18-14)5-6-13-15(19-11)4-2-3-7-17-13/h3-5,7-10H,1,6H2/b12-5-,14-8+. The van der Waals surface area contributed by atoms with Crippen LogP contribution in [0.2, 0.25) is 0 Å². The summed E-state index contributed by atoms with van der Waals surface area (Å²) in [5.41, 5.74) is 3.80. The van der Waals surface area contributed by atoms with E-state index in [2.05, 4.69) is 27.3 Å². The van der Waals surface area contributed by atoms with Gasteiger partial charge in [0.05, 0.1) is 11.0 Å². The lowest BCUT2D eigenvalue weighted by atomic mass is 10.2. The van der Waals surface area contributed by atoms with Crippen molar-refractivity contribution < 1.29 is 4.74 Å². The van der Waals surface area contributed by atoms with Gasteiger partial charge in [-0.3, -0.25) is 4.99 Å². The van der Waals surface area contributed by atoms with Crippen molar-refractivity contribution in [1.82, 2.24) is 9.97 Å². The van der Waals surface area contributed by atoms with Gasteiger partial charge in [-0.15, -0.1) is 5.73 Å². The van der Waals surface area contributed by atoms with E-state index in [0.717, 1.165) is 16.3 Å². The minimum absolute atomic E-state index is 0.512. The van der Waals surface area contributed by atoms with Crippen LogP contribution in [-0.2, 0) is 4.74 Å². The van der Waals surface area contributed by atoms with Gasteiger partial charge in [-0.2, -0.15) is 0 Å². The number of aliphatic imine (C=N–C) groups is 1. The number of fused-ring (bicyclic) bond motifs is 1. The third-order valence-electron chi connectivity index (χ3n) is 2.73. The molecule has 1 aromatic heterocycles. The molecule has 19 heavy (non-hydrogen) atoms. The van der Waals surface area contributed by atoms with Gasteiger partial charge in [-0.05, 0) is 6.08 Å². The van der Waals surface area contributed by atoms with Gasteiger partial charge in [0, 0.05) is 36.2 Å². The van der Waals surface area contributed by atoms with Gasteiger partial charge in [0.15, 0.2) is 5.76 Å². The smallest absolute Gasteiger partial charge is 0.156 e. The van der Waals surface area contributed by atoms with Crippen LogP contribution in [0.1, 0.15) is 6.42 Å². The molecule has 4 nitrogen and oxygen atoms in total. The van der Waals surface area contributed by atoms with Crippen molar-refractivity contribution in [3.05, 3.63) is 64.8 Å². The molecule has 2 aliphatic heterocycles. The summed E-state index contributed by atoms with van der Waals surface area (Å²) in [6.07, 6.45) is 12.9. The zero-order chi connectivity index (χ0) is 13.1. The van der Waals surface area contributed by atoms with Crippen LogP contribution in [0, 0.1) is 0 Å². The molecule has 1 aromatic rings. The third kappa shape index (κ3) is 2.44. The van der Waals surface area contributed by atoms with Crippen LogP contribution in [0.3, 0.4) is 0 Å². The van der Waals surface area contributed by atoms with Gasteiger partial charge < -0.3 is 4.74 Å². The summed E-state index contributed by atoms with van der Waals surface area (Å²) >= 11 is 0. The molecule has 92 valence electrons. The van der Waals surface area contributed by atoms with E-state index in [1.165, 1.54) is 6.33 Å². The predicted octanol–water partition coefficient (Wildman–Crippen LogP) is 0.979. The Morgan fingerprint density at radius 1 is 1.37 bits per heavy atom. The number of aromatic nitrogens is 2.